The second-order valence-corrected chi connectivity index (χ2v) is 5.19. The van der Waals surface area contributed by atoms with Crippen molar-refractivity contribution in [2.45, 2.75) is 26.8 Å². The molecule has 0 radical (unpaired) electrons. The first-order chi connectivity index (χ1) is 8.63. The van der Waals surface area contributed by atoms with Crippen LogP contribution in [0.2, 0.25) is 0 Å². The van der Waals surface area contributed by atoms with Gasteiger partial charge in [0.25, 0.3) is 0 Å². The van der Waals surface area contributed by atoms with E-state index in [0.29, 0.717) is 12.6 Å². The molecule has 1 fully saturated rings. The van der Waals surface area contributed by atoms with Gasteiger partial charge in [-0.25, -0.2) is 0 Å². The summed E-state index contributed by atoms with van der Waals surface area (Å²) in [6.07, 6.45) is 0. The van der Waals surface area contributed by atoms with Crippen LogP contribution in [0.25, 0.3) is 0 Å². The first kappa shape index (κ1) is 13.5. The zero-order chi connectivity index (χ0) is 13.1. The summed E-state index contributed by atoms with van der Waals surface area (Å²) >= 11 is 0. The van der Waals surface area contributed by atoms with Crippen molar-refractivity contribution in [3.05, 3.63) is 34.4 Å². The fraction of sp³-hybridized carbons (Fsp3) is 0.600. The second kappa shape index (κ2) is 5.83. The second-order valence-electron chi connectivity index (χ2n) is 5.19. The van der Waals surface area contributed by atoms with E-state index < -0.39 is 0 Å². The molecule has 0 bridgehead atoms. The molecule has 0 saturated carbocycles. The highest BCUT2D eigenvalue weighted by atomic mass is 16.5. The van der Waals surface area contributed by atoms with Gasteiger partial charge in [-0.3, -0.25) is 4.90 Å². The van der Waals surface area contributed by atoms with Gasteiger partial charge < -0.3 is 10.5 Å². The quantitative estimate of drug-likeness (QED) is 0.888. The molecule has 1 saturated heterocycles. The highest BCUT2D eigenvalue weighted by Gasteiger charge is 2.22. The summed E-state index contributed by atoms with van der Waals surface area (Å²) in [5, 5.41) is 0. The monoisotopic (exact) mass is 248 g/mol. The molecule has 2 N–H and O–H groups in total. The van der Waals surface area contributed by atoms with E-state index in [1.54, 1.807) is 0 Å². The number of rotatable bonds is 3. The number of aryl methyl sites for hydroxylation is 3. The van der Waals surface area contributed by atoms with Gasteiger partial charge in [0.15, 0.2) is 0 Å². The molecule has 1 unspecified atom stereocenters. The van der Waals surface area contributed by atoms with Gasteiger partial charge in [0.1, 0.15) is 0 Å². The summed E-state index contributed by atoms with van der Waals surface area (Å²) < 4.78 is 5.42. The van der Waals surface area contributed by atoms with Crippen molar-refractivity contribution in [3.63, 3.8) is 0 Å². The smallest absolute Gasteiger partial charge is 0.0594 e. The van der Waals surface area contributed by atoms with Gasteiger partial charge in [0.2, 0.25) is 0 Å². The Bertz CT molecular complexity index is 411. The molecular weight excluding hydrogens is 224 g/mol. The average molecular weight is 248 g/mol. The first-order valence-corrected chi connectivity index (χ1v) is 6.73. The van der Waals surface area contributed by atoms with Crippen molar-refractivity contribution >= 4 is 0 Å². The predicted molar refractivity (Wildman–Crippen MR) is 74.8 cm³/mol. The maximum Gasteiger partial charge on any atom is 0.0594 e. The van der Waals surface area contributed by atoms with Gasteiger partial charge >= 0.3 is 0 Å². The van der Waals surface area contributed by atoms with Gasteiger partial charge in [-0.15, -0.1) is 0 Å². The molecule has 1 aliphatic rings. The molecule has 3 nitrogen and oxygen atoms in total. The van der Waals surface area contributed by atoms with Crippen LogP contribution in [0, 0.1) is 20.8 Å². The van der Waals surface area contributed by atoms with Crippen LogP contribution in [0.15, 0.2) is 12.1 Å². The molecule has 0 amide bonds. The molecule has 18 heavy (non-hydrogen) atoms. The minimum Gasteiger partial charge on any atom is -0.379 e. The minimum absolute atomic E-state index is 0.327. The SMILES string of the molecule is Cc1cc(C)c(C(CN)N2CCOCC2)cc1C. The topological polar surface area (TPSA) is 38.5 Å². The van der Waals surface area contributed by atoms with Crippen molar-refractivity contribution in [3.8, 4) is 0 Å². The first-order valence-electron chi connectivity index (χ1n) is 6.73. The molecule has 1 aromatic carbocycles. The maximum absolute atomic E-state index is 6.01. The number of morpholine rings is 1. The van der Waals surface area contributed by atoms with E-state index in [0.717, 1.165) is 26.3 Å². The Labute approximate surface area is 110 Å². The molecule has 0 spiro atoms. The summed E-state index contributed by atoms with van der Waals surface area (Å²) in [6.45, 7) is 10.8. The van der Waals surface area contributed by atoms with Gasteiger partial charge in [0, 0.05) is 25.7 Å². The predicted octanol–water partition coefficient (Wildman–Crippen LogP) is 1.94. The number of nitrogens with zero attached hydrogens (tertiary/aromatic N) is 1. The molecule has 3 heteroatoms. The van der Waals surface area contributed by atoms with Gasteiger partial charge in [-0.2, -0.15) is 0 Å². The van der Waals surface area contributed by atoms with Crippen molar-refractivity contribution in [2.24, 2.45) is 5.73 Å². The molecule has 1 aromatic rings. The zero-order valence-electron chi connectivity index (χ0n) is 11.7. The molecule has 1 heterocycles. The Morgan fingerprint density at radius 3 is 2.33 bits per heavy atom. The molecule has 0 aliphatic carbocycles. The number of hydrogen-bond donors (Lipinski definition) is 1. The van der Waals surface area contributed by atoms with Gasteiger partial charge in [0.05, 0.1) is 13.2 Å². The standard InChI is InChI=1S/C15H24N2O/c1-11-8-13(3)14(9-12(11)2)15(10-16)17-4-6-18-7-5-17/h8-9,15H,4-7,10,16H2,1-3H3. The molecular formula is C15H24N2O. The molecule has 1 aliphatic heterocycles. The Balaban J connectivity index is 2.28. The van der Waals surface area contributed by atoms with Crippen LogP contribution in [0.5, 0.6) is 0 Å². The van der Waals surface area contributed by atoms with Crippen LogP contribution in [-0.4, -0.2) is 37.7 Å². The fourth-order valence-electron chi connectivity index (χ4n) is 2.70. The average Bonchev–Trinajstić information content (AvgIpc) is 2.38. The Morgan fingerprint density at radius 2 is 1.72 bits per heavy atom. The van der Waals surface area contributed by atoms with Crippen molar-refractivity contribution in [1.29, 1.82) is 0 Å². The highest BCUT2D eigenvalue weighted by molar-refractivity contribution is 5.38. The van der Waals surface area contributed by atoms with Crippen LogP contribution in [0.1, 0.15) is 28.3 Å². The van der Waals surface area contributed by atoms with E-state index >= 15 is 0 Å². The van der Waals surface area contributed by atoms with E-state index in [4.69, 9.17) is 10.5 Å². The third-order valence-corrected chi connectivity index (χ3v) is 3.95. The molecule has 0 aromatic heterocycles. The minimum atomic E-state index is 0.327. The number of benzene rings is 1. The lowest BCUT2D eigenvalue weighted by atomic mass is 9.94. The maximum atomic E-state index is 6.01. The lowest BCUT2D eigenvalue weighted by molar-refractivity contribution is 0.0177. The van der Waals surface area contributed by atoms with Gasteiger partial charge in [-0.05, 0) is 43.0 Å². The van der Waals surface area contributed by atoms with Crippen LogP contribution < -0.4 is 5.73 Å². The summed E-state index contributed by atoms with van der Waals surface area (Å²) in [5.41, 5.74) is 11.4. The Morgan fingerprint density at radius 1 is 1.11 bits per heavy atom. The summed E-state index contributed by atoms with van der Waals surface area (Å²) in [5.74, 6) is 0. The van der Waals surface area contributed by atoms with E-state index in [2.05, 4.69) is 37.8 Å². The number of nitrogens with two attached hydrogens (primary N) is 1. The lowest BCUT2D eigenvalue weighted by Gasteiger charge is -2.35. The van der Waals surface area contributed by atoms with Crippen LogP contribution in [-0.2, 0) is 4.74 Å². The van der Waals surface area contributed by atoms with E-state index in [-0.39, 0.29) is 0 Å². The third-order valence-electron chi connectivity index (χ3n) is 3.95. The van der Waals surface area contributed by atoms with Crippen LogP contribution in [0.3, 0.4) is 0 Å². The molecule has 1 atom stereocenters. The highest BCUT2D eigenvalue weighted by Crippen LogP contribution is 2.26. The van der Waals surface area contributed by atoms with Crippen molar-refractivity contribution < 1.29 is 4.74 Å². The largest absolute Gasteiger partial charge is 0.379 e. The number of ether oxygens (including phenoxy) is 1. The van der Waals surface area contributed by atoms with E-state index in [9.17, 15) is 0 Å². The zero-order valence-corrected chi connectivity index (χ0v) is 11.7. The Kier molecular flexibility index (Phi) is 4.38. The number of hydrogen-bond acceptors (Lipinski definition) is 3. The van der Waals surface area contributed by atoms with E-state index in [1.807, 2.05) is 0 Å². The third kappa shape index (κ3) is 2.74. The fourth-order valence-corrected chi connectivity index (χ4v) is 2.70. The summed E-state index contributed by atoms with van der Waals surface area (Å²) in [4.78, 5) is 2.45. The van der Waals surface area contributed by atoms with Gasteiger partial charge in [-0.1, -0.05) is 12.1 Å². The molecule has 100 valence electrons. The van der Waals surface area contributed by atoms with Crippen molar-refractivity contribution in [1.82, 2.24) is 4.90 Å². The summed E-state index contributed by atoms with van der Waals surface area (Å²) in [7, 11) is 0. The Hall–Kier alpha value is -0.900. The molecule has 2 rings (SSSR count). The summed E-state index contributed by atoms with van der Waals surface area (Å²) in [6, 6.07) is 4.90. The van der Waals surface area contributed by atoms with E-state index in [1.165, 1.54) is 22.3 Å². The van der Waals surface area contributed by atoms with Crippen LogP contribution in [0.4, 0.5) is 0 Å². The van der Waals surface area contributed by atoms with Crippen LogP contribution >= 0.6 is 0 Å². The normalized spacial score (nSPS) is 18.9. The van der Waals surface area contributed by atoms with Crippen molar-refractivity contribution in [2.75, 3.05) is 32.8 Å². The lowest BCUT2D eigenvalue weighted by Crippen LogP contribution is -2.42.